The van der Waals surface area contributed by atoms with Crippen molar-refractivity contribution in [1.29, 1.82) is 0 Å². The van der Waals surface area contributed by atoms with Gasteiger partial charge in [0.2, 0.25) is 0 Å². The maximum atomic E-state index is 13.1. The predicted molar refractivity (Wildman–Crippen MR) is 170 cm³/mol. The fourth-order valence-corrected chi connectivity index (χ4v) is 15.4. The number of benzene rings is 1. The van der Waals surface area contributed by atoms with Gasteiger partial charge >= 0.3 is 104 Å². The van der Waals surface area contributed by atoms with Crippen LogP contribution >= 0.6 is 0 Å². The molecule has 15 heteroatoms. The van der Waals surface area contributed by atoms with Gasteiger partial charge in [-0.2, -0.15) is 0 Å². The van der Waals surface area contributed by atoms with Gasteiger partial charge in [0.05, 0.1) is 30.9 Å². The van der Waals surface area contributed by atoms with E-state index in [0.29, 0.717) is 0 Å². The summed E-state index contributed by atoms with van der Waals surface area (Å²) in [5.74, 6) is -6.14. The number of carbonyl (C=O) groups is 2. The van der Waals surface area contributed by atoms with Gasteiger partial charge in [-0.25, -0.2) is 9.59 Å². The van der Waals surface area contributed by atoms with Crippen molar-refractivity contribution in [2.45, 2.75) is 127 Å². The number of aromatic carboxylic acids is 1. The monoisotopic (exact) mass is 781 g/mol. The third kappa shape index (κ3) is 9.42. The second-order valence-electron chi connectivity index (χ2n) is 12.1. The van der Waals surface area contributed by atoms with Crippen LogP contribution < -0.4 is 0 Å². The summed E-state index contributed by atoms with van der Waals surface area (Å²) in [4.78, 5) is 24.7. The molecule has 1 aromatic carbocycles. The van der Waals surface area contributed by atoms with Gasteiger partial charge < -0.3 is 60.2 Å². The van der Waals surface area contributed by atoms with Gasteiger partial charge in [0.15, 0.2) is 11.7 Å². The topological polar surface area (TPSA) is 244 Å². The van der Waals surface area contributed by atoms with E-state index in [4.69, 9.17) is 14.2 Å². The van der Waals surface area contributed by atoms with Crippen molar-refractivity contribution >= 4 is 31.7 Å². The Kier molecular flexibility index (Phi) is 17.5. The van der Waals surface area contributed by atoms with Crippen LogP contribution in [0, 0.1) is 0 Å². The third-order valence-corrected chi connectivity index (χ3v) is 17.9. The Morgan fingerprint density at radius 3 is 1.66 bits per heavy atom. The molecule has 2 aliphatic heterocycles. The number of hydrogen-bond acceptors (Lipinski definition) is 13. The maximum absolute atomic E-state index is 13.1. The van der Waals surface area contributed by atoms with Crippen LogP contribution in [0.2, 0.25) is 13.3 Å². The smallest absolute Gasteiger partial charge is 0.341 e. The second-order valence-corrected chi connectivity index (χ2v) is 20.6. The molecule has 0 unspecified atom stereocenters. The summed E-state index contributed by atoms with van der Waals surface area (Å²) in [5.41, 5.74) is -3.88. The van der Waals surface area contributed by atoms with E-state index >= 15 is 0 Å². The van der Waals surface area contributed by atoms with E-state index in [9.17, 15) is 55.5 Å². The van der Waals surface area contributed by atoms with Crippen LogP contribution in [0.1, 0.15) is 80.0 Å². The Hall–Kier alpha value is -1.44. The molecule has 14 nitrogen and oxygen atoms in total. The van der Waals surface area contributed by atoms with E-state index in [1.807, 2.05) is 0 Å². The number of aliphatic hydroxyl groups excluding tert-OH is 8. The average Bonchev–Trinajstić information content (AvgIpc) is 3.34. The maximum Gasteiger partial charge on any atom is 0.341 e. The first kappa shape index (κ1) is 41.7. The molecule has 2 heterocycles. The molecule has 2 aliphatic rings. The first-order valence-corrected chi connectivity index (χ1v) is 22.4. The first-order valence-electron chi connectivity index (χ1n) is 16.3. The molecule has 1 aromatic rings. The summed E-state index contributed by atoms with van der Waals surface area (Å²) in [6, 6.07) is 4.71. The van der Waals surface area contributed by atoms with Gasteiger partial charge in [-0.05, 0) is 12.1 Å². The third-order valence-electron chi connectivity index (χ3n) is 8.77. The van der Waals surface area contributed by atoms with Crippen molar-refractivity contribution in [2.24, 2.45) is 0 Å². The van der Waals surface area contributed by atoms with Crippen molar-refractivity contribution in [3.63, 3.8) is 0 Å². The molecule has 0 aliphatic carbocycles. The summed E-state index contributed by atoms with van der Waals surface area (Å²) < 4.78 is 21.2. The first-order chi connectivity index (χ1) is 22.4. The number of carboxylic acids is 1. The molecular formula is C32H53O14Sn. The summed E-state index contributed by atoms with van der Waals surface area (Å²) in [5, 5.41) is 91.3. The minimum atomic E-state index is -3.12. The SMILES string of the molecule is CCC[CH2][Sn]([CH2]CCC)[CH2]CCC.O=C(O)c1ccccc1C(=O)O[C@@]1([C@@]2(CO)O[C@H](CO)[C@@H](O)[C@@H]2O)O[C@H](CO)[C@@H](O)[C@H](O)[C@H]1O. The zero-order valence-corrected chi connectivity index (χ0v) is 30.3. The number of ether oxygens (including phenoxy) is 3. The molecule has 0 aromatic heterocycles. The van der Waals surface area contributed by atoms with Gasteiger partial charge in [-0.3, -0.25) is 0 Å². The molecule has 0 saturated carbocycles. The molecule has 2 fully saturated rings. The number of unbranched alkanes of at least 4 members (excludes halogenated alkanes) is 3. The Labute approximate surface area is 282 Å². The van der Waals surface area contributed by atoms with Crippen molar-refractivity contribution in [2.75, 3.05) is 19.8 Å². The fourth-order valence-electron chi connectivity index (χ4n) is 5.92. The van der Waals surface area contributed by atoms with Gasteiger partial charge in [-0.15, -0.1) is 0 Å². The number of esters is 1. The molecule has 0 bridgehead atoms. The Balaban J connectivity index is 0.000000500. The quantitative estimate of drug-likeness (QED) is 0.0817. The number of carbonyl (C=O) groups excluding carboxylic acids is 1. The molecule has 1 radical (unpaired) electrons. The summed E-state index contributed by atoms with van der Waals surface area (Å²) in [6.45, 7) is 3.74. The molecule has 9 N–H and O–H groups in total. The standard InChI is InChI=1S/C20H26O14.3C4H9.Sn/c21-5-10-12(24)14(26)16(28)20(33-10,19(7-23)15(27)13(25)11(6-22)32-19)34-18(31)9-4-2-1-3-8(9)17(29)30;3*1-3-4-2;/h1-4,10-16,21-28H,5-7H2,(H,29,30);3*1,3-4H2,2H3;/t10-,11-,12-,13-,14+,15+,16-,19+,20+;;;;/m1..../s1. The van der Waals surface area contributed by atoms with Crippen LogP contribution in [0.3, 0.4) is 0 Å². The van der Waals surface area contributed by atoms with Crippen LogP contribution in [0.4, 0.5) is 0 Å². The van der Waals surface area contributed by atoms with Crippen LogP contribution in [0.15, 0.2) is 24.3 Å². The number of rotatable bonds is 16. The van der Waals surface area contributed by atoms with E-state index in [1.165, 1.54) is 50.7 Å². The van der Waals surface area contributed by atoms with Crippen molar-refractivity contribution in [1.82, 2.24) is 0 Å². The molecule has 9 atom stereocenters. The summed E-state index contributed by atoms with van der Waals surface area (Å²) in [7, 11) is 0. The molecule has 2 saturated heterocycles. The summed E-state index contributed by atoms with van der Waals surface area (Å²) in [6.07, 6.45) is -5.26. The summed E-state index contributed by atoms with van der Waals surface area (Å²) >= 11 is -0.839. The van der Waals surface area contributed by atoms with E-state index in [-0.39, 0.29) is 0 Å². The minimum absolute atomic E-state index is 0.536. The Morgan fingerprint density at radius 1 is 0.745 bits per heavy atom. The van der Waals surface area contributed by atoms with E-state index in [2.05, 4.69) is 20.8 Å². The molecular weight excluding hydrogens is 727 g/mol. The minimum Gasteiger partial charge on any atom is -0.478 e. The fraction of sp³-hybridized carbons (Fsp3) is 0.750. The number of carboxylic acid groups (broad SMARTS) is 1. The average molecular weight is 780 g/mol. The normalized spacial score (nSPS) is 32.1. The molecule has 3 rings (SSSR count). The van der Waals surface area contributed by atoms with E-state index in [0.717, 1.165) is 12.1 Å². The van der Waals surface area contributed by atoms with Crippen molar-refractivity contribution in [3.05, 3.63) is 35.4 Å². The second kappa shape index (κ2) is 19.7. The zero-order valence-electron chi connectivity index (χ0n) is 27.4. The molecule has 0 amide bonds. The Morgan fingerprint density at radius 2 is 1.23 bits per heavy atom. The number of aliphatic hydroxyl groups is 8. The molecule has 0 spiro atoms. The van der Waals surface area contributed by atoms with Gasteiger partial charge in [0.1, 0.15) is 36.6 Å². The van der Waals surface area contributed by atoms with Gasteiger partial charge in [0, 0.05) is 0 Å². The van der Waals surface area contributed by atoms with E-state index in [1.54, 1.807) is 13.3 Å². The van der Waals surface area contributed by atoms with Crippen LogP contribution in [-0.4, -0.2) is 152 Å². The molecule has 269 valence electrons. The van der Waals surface area contributed by atoms with Crippen LogP contribution in [-0.2, 0) is 14.2 Å². The zero-order chi connectivity index (χ0) is 35.4. The van der Waals surface area contributed by atoms with Crippen LogP contribution in [0.5, 0.6) is 0 Å². The number of hydrogen-bond donors (Lipinski definition) is 9. The Bertz CT molecular complexity index is 1090. The van der Waals surface area contributed by atoms with Crippen LogP contribution in [0.25, 0.3) is 0 Å². The largest absolute Gasteiger partial charge is 0.478 e. The van der Waals surface area contributed by atoms with E-state index < -0.39 is 117 Å². The van der Waals surface area contributed by atoms with Crippen molar-refractivity contribution < 1.29 is 69.8 Å². The predicted octanol–water partition coefficient (Wildman–Crippen LogP) is 0.437. The van der Waals surface area contributed by atoms with Gasteiger partial charge in [-0.1, -0.05) is 12.1 Å². The van der Waals surface area contributed by atoms with Gasteiger partial charge in [0.25, 0.3) is 5.79 Å². The van der Waals surface area contributed by atoms with Crippen molar-refractivity contribution in [3.8, 4) is 0 Å². The molecule has 47 heavy (non-hydrogen) atoms.